The van der Waals surface area contributed by atoms with Crippen molar-refractivity contribution in [3.63, 3.8) is 0 Å². The van der Waals surface area contributed by atoms with E-state index >= 15 is 0 Å². The fourth-order valence-electron chi connectivity index (χ4n) is 3.05. The summed E-state index contributed by atoms with van der Waals surface area (Å²) in [6.45, 7) is 1.19. The van der Waals surface area contributed by atoms with Crippen molar-refractivity contribution in [2.75, 3.05) is 13.2 Å². The molecule has 2 aliphatic carbocycles. The van der Waals surface area contributed by atoms with E-state index in [1.165, 1.54) is 44.9 Å². The molecule has 0 heterocycles. The molecule has 2 aliphatic rings. The average molecular weight is 224 g/mol. The Morgan fingerprint density at radius 1 is 0.938 bits per heavy atom. The quantitative estimate of drug-likeness (QED) is 0.716. The van der Waals surface area contributed by atoms with Gasteiger partial charge in [0.05, 0.1) is 0 Å². The number of Topliss-reactive ketones (excluding diaryl/α,β-unsaturated/α-hetero) is 1. The minimum Gasteiger partial charge on any atom is -0.373 e. The number of carbonyl (C=O) groups is 1. The molecule has 2 nitrogen and oxygen atoms in total. The minimum absolute atomic E-state index is 0.325. The molecule has 0 aliphatic heterocycles. The van der Waals surface area contributed by atoms with E-state index in [1.54, 1.807) is 0 Å². The van der Waals surface area contributed by atoms with Crippen LogP contribution >= 0.6 is 0 Å². The lowest BCUT2D eigenvalue weighted by atomic mass is 9.90. The summed E-state index contributed by atoms with van der Waals surface area (Å²) in [4.78, 5) is 11.8. The van der Waals surface area contributed by atoms with Crippen molar-refractivity contribution in [1.29, 1.82) is 0 Å². The molecule has 0 unspecified atom stereocenters. The normalized spacial score (nSPS) is 23.8. The number of hydrogen-bond donors (Lipinski definition) is 0. The first kappa shape index (κ1) is 12.1. The van der Waals surface area contributed by atoms with Gasteiger partial charge in [0.2, 0.25) is 0 Å². The molecule has 16 heavy (non-hydrogen) atoms. The molecule has 0 spiro atoms. The van der Waals surface area contributed by atoms with Crippen molar-refractivity contribution >= 4 is 5.78 Å². The Morgan fingerprint density at radius 2 is 1.56 bits per heavy atom. The third-order valence-electron chi connectivity index (χ3n) is 4.13. The lowest BCUT2D eigenvalue weighted by molar-refractivity contribution is -0.127. The van der Waals surface area contributed by atoms with Crippen LogP contribution in [-0.2, 0) is 9.53 Å². The lowest BCUT2D eigenvalue weighted by Crippen LogP contribution is -2.21. The second kappa shape index (κ2) is 6.39. The monoisotopic (exact) mass is 224 g/mol. The number of hydrogen-bond acceptors (Lipinski definition) is 2. The van der Waals surface area contributed by atoms with Crippen molar-refractivity contribution in [3.05, 3.63) is 0 Å². The molecular formula is C14H24O2. The molecule has 0 bridgehead atoms. The number of ether oxygens (including phenoxy) is 1. The van der Waals surface area contributed by atoms with E-state index in [1.807, 2.05) is 0 Å². The molecule has 0 saturated heterocycles. The van der Waals surface area contributed by atoms with Crippen LogP contribution in [0.1, 0.15) is 57.8 Å². The first-order valence-corrected chi connectivity index (χ1v) is 6.96. The second-order valence-electron chi connectivity index (χ2n) is 5.47. The number of ketones is 1. The zero-order valence-corrected chi connectivity index (χ0v) is 10.2. The Kier molecular flexibility index (Phi) is 4.83. The maximum atomic E-state index is 11.8. The summed E-state index contributed by atoms with van der Waals surface area (Å²) in [6.07, 6.45) is 11.4. The molecule has 0 aromatic carbocycles. The average Bonchev–Trinajstić information content (AvgIpc) is 2.84. The first-order valence-electron chi connectivity index (χ1n) is 6.96. The predicted molar refractivity (Wildman–Crippen MR) is 64.4 cm³/mol. The van der Waals surface area contributed by atoms with Gasteiger partial charge in [0.25, 0.3) is 0 Å². The summed E-state index contributed by atoms with van der Waals surface area (Å²) >= 11 is 0. The first-order chi connectivity index (χ1) is 7.86. The molecule has 0 atom stereocenters. The molecule has 0 aromatic rings. The van der Waals surface area contributed by atoms with E-state index in [9.17, 15) is 4.79 Å². The topological polar surface area (TPSA) is 26.3 Å². The van der Waals surface area contributed by atoms with Gasteiger partial charge in [-0.05, 0) is 31.6 Å². The van der Waals surface area contributed by atoms with Gasteiger partial charge in [0, 0.05) is 12.5 Å². The van der Waals surface area contributed by atoms with Crippen LogP contribution in [0.5, 0.6) is 0 Å². The van der Waals surface area contributed by atoms with Crippen molar-refractivity contribution in [2.24, 2.45) is 11.8 Å². The summed E-state index contributed by atoms with van der Waals surface area (Å²) < 4.78 is 5.60. The summed E-state index contributed by atoms with van der Waals surface area (Å²) in [5.41, 5.74) is 0. The highest BCUT2D eigenvalue weighted by Crippen LogP contribution is 2.26. The lowest BCUT2D eigenvalue weighted by Gasteiger charge is -2.21. The van der Waals surface area contributed by atoms with Crippen LogP contribution < -0.4 is 0 Å². The van der Waals surface area contributed by atoms with Gasteiger partial charge in [-0.2, -0.15) is 0 Å². The molecule has 2 saturated carbocycles. The standard InChI is InChI=1S/C14H24O2/c15-14(13-8-4-5-9-13)11-16-10-12-6-2-1-3-7-12/h12-13H,1-11H2. The van der Waals surface area contributed by atoms with Gasteiger partial charge in [-0.1, -0.05) is 32.1 Å². The van der Waals surface area contributed by atoms with Gasteiger partial charge >= 0.3 is 0 Å². The zero-order valence-electron chi connectivity index (χ0n) is 10.2. The third-order valence-corrected chi connectivity index (χ3v) is 4.13. The Balaban J connectivity index is 1.57. The maximum absolute atomic E-state index is 11.8. The van der Waals surface area contributed by atoms with Crippen LogP contribution in [0.4, 0.5) is 0 Å². The molecule has 92 valence electrons. The van der Waals surface area contributed by atoms with Crippen molar-refractivity contribution in [2.45, 2.75) is 57.8 Å². The zero-order chi connectivity index (χ0) is 11.2. The number of rotatable bonds is 5. The van der Waals surface area contributed by atoms with Crippen molar-refractivity contribution < 1.29 is 9.53 Å². The largest absolute Gasteiger partial charge is 0.373 e. The van der Waals surface area contributed by atoms with E-state index in [0.717, 1.165) is 25.4 Å². The van der Waals surface area contributed by atoms with E-state index in [2.05, 4.69) is 0 Å². The SMILES string of the molecule is O=C(COCC1CCCCC1)C1CCCC1. The maximum Gasteiger partial charge on any atom is 0.161 e. The van der Waals surface area contributed by atoms with E-state index in [0.29, 0.717) is 18.3 Å². The molecule has 0 N–H and O–H groups in total. The van der Waals surface area contributed by atoms with Crippen LogP contribution in [0, 0.1) is 11.8 Å². The number of carbonyl (C=O) groups excluding carboxylic acids is 1. The van der Waals surface area contributed by atoms with Gasteiger partial charge in [0.15, 0.2) is 5.78 Å². The molecule has 2 heteroatoms. The molecular weight excluding hydrogens is 200 g/mol. The Labute approximate surface area is 98.7 Å². The van der Waals surface area contributed by atoms with E-state index < -0.39 is 0 Å². The summed E-state index contributed by atoms with van der Waals surface area (Å²) in [7, 11) is 0. The highest BCUT2D eigenvalue weighted by atomic mass is 16.5. The van der Waals surface area contributed by atoms with Crippen LogP contribution in [0.3, 0.4) is 0 Å². The molecule has 0 aromatic heterocycles. The van der Waals surface area contributed by atoms with Crippen LogP contribution in [0.25, 0.3) is 0 Å². The van der Waals surface area contributed by atoms with Crippen LogP contribution in [0.15, 0.2) is 0 Å². The smallest absolute Gasteiger partial charge is 0.161 e. The Bertz CT molecular complexity index is 213. The molecule has 2 rings (SSSR count). The van der Waals surface area contributed by atoms with Gasteiger partial charge in [0.1, 0.15) is 6.61 Å². The van der Waals surface area contributed by atoms with Crippen LogP contribution in [-0.4, -0.2) is 19.0 Å². The molecule has 2 fully saturated rings. The molecule has 0 amide bonds. The van der Waals surface area contributed by atoms with Crippen molar-refractivity contribution in [1.82, 2.24) is 0 Å². The summed E-state index contributed by atoms with van der Waals surface area (Å²) in [5, 5.41) is 0. The summed E-state index contributed by atoms with van der Waals surface area (Å²) in [5.74, 6) is 1.41. The summed E-state index contributed by atoms with van der Waals surface area (Å²) in [6, 6.07) is 0. The van der Waals surface area contributed by atoms with Crippen LogP contribution in [0.2, 0.25) is 0 Å². The van der Waals surface area contributed by atoms with Gasteiger partial charge < -0.3 is 4.74 Å². The van der Waals surface area contributed by atoms with E-state index in [-0.39, 0.29) is 0 Å². The van der Waals surface area contributed by atoms with Gasteiger partial charge in [-0.25, -0.2) is 0 Å². The minimum atomic E-state index is 0.325. The fourth-order valence-corrected chi connectivity index (χ4v) is 3.05. The van der Waals surface area contributed by atoms with Gasteiger partial charge in [-0.15, -0.1) is 0 Å². The van der Waals surface area contributed by atoms with E-state index in [4.69, 9.17) is 4.74 Å². The second-order valence-corrected chi connectivity index (χ2v) is 5.47. The Morgan fingerprint density at radius 3 is 2.25 bits per heavy atom. The Hall–Kier alpha value is -0.370. The molecule has 0 radical (unpaired) electrons. The third kappa shape index (κ3) is 3.58. The fraction of sp³-hybridized carbons (Fsp3) is 0.929. The highest BCUT2D eigenvalue weighted by molar-refractivity contribution is 5.82. The predicted octanol–water partition coefficient (Wildman–Crippen LogP) is 3.34. The van der Waals surface area contributed by atoms with Gasteiger partial charge in [-0.3, -0.25) is 4.79 Å². The van der Waals surface area contributed by atoms with Crippen molar-refractivity contribution in [3.8, 4) is 0 Å². The highest BCUT2D eigenvalue weighted by Gasteiger charge is 2.22.